The van der Waals surface area contributed by atoms with Crippen LogP contribution >= 0.6 is 0 Å². The number of unbranched alkanes of at least 4 members (excludes halogenated alkanes) is 1. The van der Waals surface area contributed by atoms with Gasteiger partial charge < -0.3 is 10.2 Å². The lowest BCUT2D eigenvalue weighted by molar-refractivity contribution is 0.101. The Morgan fingerprint density at radius 3 is 2.54 bits per heavy atom. The molecule has 5 nitrogen and oxygen atoms in total. The molecule has 0 fully saturated rings. The number of rotatable bonds is 8. The number of anilines is 3. The van der Waals surface area contributed by atoms with Gasteiger partial charge in [-0.2, -0.15) is 4.98 Å². The minimum absolute atomic E-state index is 0.0382. The van der Waals surface area contributed by atoms with E-state index in [1.165, 1.54) is 0 Å². The molecule has 0 aliphatic heterocycles. The van der Waals surface area contributed by atoms with Gasteiger partial charge in [0.25, 0.3) is 0 Å². The maximum absolute atomic E-state index is 11.7. The third-order valence-electron chi connectivity index (χ3n) is 4.51. The molecule has 1 N–H and O–H groups in total. The molecule has 1 heterocycles. The lowest BCUT2D eigenvalue weighted by Gasteiger charge is -2.19. The summed E-state index contributed by atoms with van der Waals surface area (Å²) in [4.78, 5) is 23.2. The molecule has 3 rings (SSSR count). The zero-order valence-corrected chi connectivity index (χ0v) is 16.6. The van der Waals surface area contributed by atoms with Crippen LogP contribution in [-0.2, 0) is 0 Å². The van der Waals surface area contributed by atoms with Crippen LogP contribution in [0, 0.1) is 0 Å². The Kier molecular flexibility index (Phi) is 6.37. The second-order valence-electron chi connectivity index (χ2n) is 6.84. The molecule has 0 aliphatic carbocycles. The van der Waals surface area contributed by atoms with E-state index >= 15 is 0 Å². The van der Waals surface area contributed by atoms with Crippen molar-refractivity contribution in [1.82, 2.24) is 9.97 Å². The first-order valence-corrected chi connectivity index (χ1v) is 9.60. The standard InChI is InChI=1S/C23H26N4O/c1-4-5-14-27(3)23-25-21(18-10-7-6-8-11-18)16-22(26-23)24-20-13-9-12-19(15-20)17(2)28/h6-13,15-16H,4-5,14H2,1-3H3,(H,24,25,26). The van der Waals surface area contributed by atoms with E-state index in [0.717, 1.165) is 36.3 Å². The van der Waals surface area contributed by atoms with Gasteiger partial charge in [-0.1, -0.05) is 55.8 Å². The Labute approximate surface area is 166 Å². The molecule has 0 amide bonds. The highest BCUT2D eigenvalue weighted by Crippen LogP contribution is 2.25. The van der Waals surface area contributed by atoms with Crippen LogP contribution in [0.1, 0.15) is 37.0 Å². The predicted octanol–water partition coefficient (Wildman–Crippen LogP) is 5.33. The predicted molar refractivity (Wildman–Crippen MR) is 115 cm³/mol. The smallest absolute Gasteiger partial charge is 0.227 e. The first-order valence-electron chi connectivity index (χ1n) is 9.60. The van der Waals surface area contributed by atoms with E-state index in [-0.39, 0.29) is 5.78 Å². The van der Waals surface area contributed by atoms with Gasteiger partial charge in [0, 0.05) is 36.5 Å². The Bertz CT molecular complexity index is 940. The van der Waals surface area contributed by atoms with Gasteiger partial charge in [-0.3, -0.25) is 4.79 Å². The van der Waals surface area contributed by atoms with Crippen molar-refractivity contribution in [1.29, 1.82) is 0 Å². The highest BCUT2D eigenvalue weighted by Gasteiger charge is 2.11. The van der Waals surface area contributed by atoms with E-state index < -0.39 is 0 Å². The Morgan fingerprint density at radius 2 is 1.82 bits per heavy atom. The lowest BCUT2D eigenvalue weighted by Crippen LogP contribution is -2.21. The van der Waals surface area contributed by atoms with Crippen LogP contribution in [0.5, 0.6) is 0 Å². The Morgan fingerprint density at radius 1 is 1.04 bits per heavy atom. The number of carbonyl (C=O) groups is 1. The molecule has 0 radical (unpaired) electrons. The number of nitrogens with one attached hydrogen (secondary N) is 1. The van der Waals surface area contributed by atoms with Crippen LogP contribution in [0.15, 0.2) is 60.7 Å². The number of benzene rings is 2. The third-order valence-corrected chi connectivity index (χ3v) is 4.51. The van der Waals surface area contributed by atoms with Gasteiger partial charge >= 0.3 is 0 Å². The molecule has 0 atom stereocenters. The summed E-state index contributed by atoms with van der Waals surface area (Å²) in [6.45, 7) is 4.64. The van der Waals surface area contributed by atoms with Crippen LogP contribution in [0.4, 0.5) is 17.5 Å². The minimum atomic E-state index is 0.0382. The molecule has 2 aromatic carbocycles. The molecule has 28 heavy (non-hydrogen) atoms. The lowest BCUT2D eigenvalue weighted by atomic mass is 10.1. The first-order chi connectivity index (χ1) is 13.6. The van der Waals surface area contributed by atoms with Gasteiger partial charge in [0.1, 0.15) is 5.82 Å². The first kappa shape index (κ1) is 19.5. The van der Waals surface area contributed by atoms with Crippen LogP contribution in [0.2, 0.25) is 0 Å². The topological polar surface area (TPSA) is 58.1 Å². The second-order valence-corrected chi connectivity index (χ2v) is 6.84. The van der Waals surface area contributed by atoms with Gasteiger partial charge in [0.05, 0.1) is 5.69 Å². The molecule has 144 valence electrons. The number of ketones is 1. The van der Waals surface area contributed by atoms with Gasteiger partial charge in [-0.05, 0) is 25.5 Å². The van der Waals surface area contributed by atoms with Crippen molar-refractivity contribution in [3.63, 3.8) is 0 Å². The SMILES string of the molecule is CCCCN(C)c1nc(Nc2cccc(C(C)=O)c2)cc(-c2ccccc2)n1. The largest absolute Gasteiger partial charge is 0.344 e. The quantitative estimate of drug-likeness (QED) is 0.540. The summed E-state index contributed by atoms with van der Waals surface area (Å²) < 4.78 is 0. The fourth-order valence-electron chi connectivity index (χ4n) is 2.89. The molecule has 3 aromatic rings. The summed E-state index contributed by atoms with van der Waals surface area (Å²) >= 11 is 0. The molecule has 0 saturated heterocycles. The molecule has 5 heteroatoms. The summed E-state index contributed by atoms with van der Waals surface area (Å²) in [5, 5.41) is 3.33. The molecule has 0 unspecified atom stereocenters. The number of Topliss-reactive ketones (excluding diaryl/α,β-unsaturated/α-hetero) is 1. The average Bonchev–Trinajstić information content (AvgIpc) is 2.72. The number of hydrogen-bond donors (Lipinski definition) is 1. The van der Waals surface area contributed by atoms with Crippen molar-refractivity contribution < 1.29 is 4.79 Å². The van der Waals surface area contributed by atoms with E-state index in [1.807, 2.05) is 67.7 Å². The summed E-state index contributed by atoms with van der Waals surface area (Å²) in [6.07, 6.45) is 2.20. The zero-order chi connectivity index (χ0) is 19.9. The number of carbonyl (C=O) groups excluding carboxylic acids is 1. The Hall–Kier alpha value is -3.21. The summed E-state index contributed by atoms with van der Waals surface area (Å²) in [7, 11) is 2.01. The number of nitrogens with zero attached hydrogens (tertiary/aromatic N) is 3. The average molecular weight is 374 g/mol. The van der Waals surface area contributed by atoms with E-state index in [4.69, 9.17) is 9.97 Å². The molecule has 1 aromatic heterocycles. The molecule has 0 saturated carbocycles. The Balaban J connectivity index is 1.97. The van der Waals surface area contributed by atoms with Crippen LogP contribution in [0.25, 0.3) is 11.3 Å². The van der Waals surface area contributed by atoms with E-state index in [1.54, 1.807) is 6.92 Å². The van der Waals surface area contributed by atoms with Crippen molar-refractivity contribution in [2.45, 2.75) is 26.7 Å². The van der Waals surface area contributed by atoms with Gasteiger partial charge in [0.15, 0.2) is 5.78 Å². The van der Waals surface area contributed by atoms with Crippen molar-refractivity contribution >= 4 is 23.2 Å². The molecular formula is C23H26N4O. The molecule has 0 aliphatic rings. The maximum atomic E-state index is 11.7. The minimum Gasteiger partial charge on any atom is -0.344 e. The van der Waals surface area contributed by atoms with E-state index in [0.29, 0.717) is 17.3 Å². The molecule has 0 spiro atoms. The third kappa shape index (κ3) is 4.94. The summed E-state index contributed by atoms with van der Waals surface area (Å²) in [5.74, 6) is 1.42. The van der Waals surface area contributed by atoms with Gasteiger partial charge in [-0.25, -0.2) is 4.98 Å². The van der Waals surface area contributed by atoms with Crippen LogP contribution in [0.3, 0.4) is 0 Å². The number of aromatic nitrogens is 2. The van der Waals surface area contributed by atoms with Crippen LogP contribution in [-0.4, -0.2) is 29.3 Å². The van der Waals surface area contributed by atoms with Gasteiger partial charge in [-0.15, -0.1) is 0 Å². The van der Waals surface area contributed by atoms with E-state index in [2.05, 4.69) is 17.1 Å². The summed E-state index contributed by atoms with van der Waals surface area (Å²) in [5.41, 5.74) is 3.39. The molecule has 0 bridgehead atoms. The highest BCUT2D eigenvalue weighted by molar-refractivity contribution is 5.95. The van der Waals surface area contributed by atoms with Crippen molar-refractivity contribution in [2.24, 2.45) is 0 Å². The van der Waals surface area contributed by atoms with Gasteiger partial charge in [0.2, 0.25) is 5.95 Å². The zero-order valence-electron chi connectivity index (χ0n) is 16.6. The second kappa shape index (κ2) is 9.13. The van der Waals surface area contributed by atoms with Crippen molar-refractivity contribution in [3.05, 3.63) is 66.2 Å². The monoisotopic (exact) mass is 374 g/mol. The number of hydrogen-bond acceptors (Lipinski definition) is 5. The van der Waals surface area contributed by atoms with Crippen molar-refractivity contribution in [3.8, 4) is 11.3 Å². The fourth-order valence-corrected chi connectivity index (χ4v) is 2.89. The van der Waals surface area contributed by atoms with Crippen molar-refractivity contribution in [2.75, 3.05) is 23.8 Å². The summed E-state index contributed by atoms with van der Waals surface area (Å²) in [6, 6.07) is 19.5. The normalized spacial score (nSPS) is 10.5. The molecular weight excluding hydrogens is 348 g/mol. The highest BCUT2D eigenvalue weighted by atomic mass is 16.1. The van der Waals surface area contributed by atoms with Crippen LogP contribution < -0.4 is 10.2 Å². The van der Waals surface area contributed by atoms with E-state index in [9.17, 15) is 4.79 Å². The maximum Gasteiger partial charge on any atom is 0.227 e. The fraction of sp³-hybridized carbons (Fsp3) is 0.261.